The van der Waals surface area contributed by atoms with Crippen LogP contribution in [0.25, 0.3) is 0 Å². The fourth-order valence-electron chi connectivity index (χ4n) is 2.19. The number of nitrogens with zero attached hydrogens (tertiary/aromatic N) is 1. The Morgan fingerprint density at radius 2 is 2.24 bits per heavy atom. The summed E-state index contributed by atoms with van der Waals surface area (Å²) < 4.78 is 0. The van der Waals surface area contributed by atoms with Gasteiger partial charge in [-0.05, 0) is 25.0 Å². The van der Waals surface area contributed by atoms with Crippen LogP contribution < -0.4 is 16.0 Å². The van der Waals surface area contributed by atoms with E-state index in [0.29, 0.717) is 18.7 Å². The van der Waals surface area contributed by atoms with Gasteiger partial charge < -0.3 is 16.0 Å². The molecule has 2 rings (SSSR count). The maximum Gasteiger partial charge on any atom is 0.293 e. The van der Waals surface area contributed by atoms with Gasteiger partial charge in [-0.15, -0.1) is 0 Å². The van der Waals surface area contributed by atoms with Crippen molar-refractivity contribution in [1.82, 2.24) is 10.6 Å². The number of nitrogens with one attached hydrogen (secondary N) is 3. The minimum absolute atomic E-state index is 0.152. The van der Waals surface area contributed by atoms with Crippen molar-refractivity contribution in [3.8, 4) is 0 Å². The number of nitro benzene ring substituents is 1. The van der Waals surface area contributed by atoms with Crippen LogP contribution in [0.3, 0.4) is 0 Å². The molecule has 1 saturated heterocycles. The minimum atomic E-state index is -0.589. The van der Waals surface area contributed by atoms with E-state index in [1.165, 1.54) is 18.2 Å². The first-order valence-electron chi connectivity index (χ1n) is 6.57. The van der Waals surface area contributed by atoms with Crippen molar-refractivity contribution in [2.45, 2.75) is 18.9 Å². The largest absolute Gasteiger partial charge is 0.383 e. The average Bonchev–Trinajstić information content (AvgIpc) is 2.48. The highest BCUT2D eigenvalue weighted by atomic mass is 16.6. The molecule has 0 aromatic heterocycles. The first kappa shape index (κ1) is 14.8. The van der Waals surface area contributed by atoms with Gasteiger partial charge in [-0.1, -0.05) is 0 Å². The molecule has 8 heteroatoms. The van der Waals surface area contributed by atoms with Gasteiger partial charge in [0.05, 0.1) is 4.92 Å². The minimum Gasteiger partial charge on any atom is -0.383 e. The van der Waals surface area contributed by atoms with Gasteiger partial charge in [0.25, 0.3) is 11.6 Å². The second-order valence-electron chi connectivity index (χ2n) is 4.70. The highest BCUT2D eigenvalue weighted by Crippen LogP contribution is 2.25. The number of hydrogen-bond donors (Lipinski definition) is 3. The highest BCUT2D eigenvalue weighted by molar-refractivity contribution is 5.98. The topological polar surface area (TPSA) is 113 Å². The zero-order valence-electron chi connectivity index (χ0n) is 11.5. The Kier molecular flexibility index (Phi) is 4.36. The van der Waals surface area contributed by atoms with E-state index in [0.717, 1.165) is 6.42 Å². The third-order valence-electron chi connectivity index (χ3n) is 3.32. The van der Waals surface area contributed by atoms with E-state index in [4.69, 9.17) is 0 Å². The molecular weight excluding hydrogens is 276 g/mol. The number of rotatable bonds is 4. The van der Waals surface area contributed by atoms with Gasteiger partial charge in [0.2, 0.25) is 5.91 Å². The third-order valence-corrected chi connectivity index (χ3v) is 3.32. The monoisotopic (exact) mass is 292 g/mol. The lowest BCUT2D eigenvalue weighted by Crippen LogP contribution is -2.50. The maximum atomic E-state index is 12.1. The molecule has 0 aliphatic carbocycles. The Labute approximate surface area is 121 Å². The summed E-state index contributed by atoms with van der Waals surface area (Å²) in [7, 11) is 1.56. The van der Waals surface area contributed by atoms with Crippen LogP contribution in [-0.2, 0) is 4.79 Å². The summed E-state index contributed by atoms with van der Waals surface area (Å²) in [6, 6.07) is 3.56. The zero-order chi connectivity index (χ0) is 15.4. The summed E-state index contributed by atoms with van der Waals surface area (Å²) in [6.45, 7) is 0.605. The molecule has 1 aromatic carbocycles. The predicted molar refractivity (Wildman–Crippen MR) is 76.1 cm³/mol. The van der Waals surface area contributed by atoms with Crippen molar-refractivity contribution < 1.29 is 14.5 Å². The van der Waals surface area contributed by atoms with E-state index in [-0.39, 0.29) is 17.2 Å². The summed E-state index contributed by atoms with van der Waals surface area (Å²) in [4.78, 5) is 34.1. The highest BCUT2D eigenvalue weighted by Gasteiger charge is 2.25. The summed E-state index contributed by atoms with van der Waals surface area (Å²) in [5.41, 5.74) is 0.296. The molecule has 0 radical (unpaired) electrons. The number of amides is 2. The van der Waals surface area contributed by atoms with Gasteiger partial charge in [0.15, 0.2) is 0 Å². The van der Waals surface area contributed by atoms with Crippen LogP contribution >= 0.6 is 0 Å². The molecule has 0 bridgehead atoms. The molecule has 1 unspecified atom stereocenters. The van der Waals surface area contributed by atoms with E-state index < -0.39 is 16.9 Å². The molecule has 21 heavy (non-hydrogen) atoms. The SMILES string of the molecule is CNc1ccc(C(=O)NC2CCCNC2=O)cc1[N+](=O)[O-]. The van der Waals surface area contributed by atoms with Gasteiger partial charge in [-0.25, -0.2) is 0 Å². The molecule has 0 spiro atoms. The lowest BCUT2D eigenvalue weighted by Gasteiger charge is -2.22. The third kappa shape index (κ3) is 3.28. The van der Waals surface area contributed by atoms with Crippen molar-refractivity contribution in [3.05, 3.63) is 33.9 Å². The van der Waals surface area contributed by atoms with Gasteiger partial charge >= 0.3 is 0 Å². The second kappa shape index (κ2) is 6.21. The summed E-state index contributed by atoms with van der Waals surface area (Å²) in [6.07, 6.45) is 1.35. The Hall–Kier alpha value is -2.64. The van der Waals surface area contributed by atoms with Crippen LogP contribution in [0.1, 0.15) is 23.2 Å². The number of benzene rings is 1. The van der Waals surface area contributed by atoms with Crippen LogP contribution in [0.2, 0.25) is 0 Å². The molecule has 1 fully saturated rings. The van der Waals surface area contributed by atoms with Crippen molar-refractivity contribution in [3.63, 3.8) is 0 Å². The first-order valence-corrected chi connectivity index (χ1v) is 6.57. The van der Waals surface area contributed by atoms with E-state index in [9.17, 15) is 19.7 Å². The number of nitro groups is 1. The number of carbonyl (C=O) groups is 2. The first-order chi connectivity index (χ1) is 10.0. The Morgan fingerprint density at radius 3 is 2.86 bits per heavy atom. The molecule has 1 atom stereocenters. The quantitative estimate of drug-likeness (QED) is 0.557. The fourth-order valence-corrected chi connectivity index (χ4v) is 2.19. The van der Waals surface area contributed by atoms with Crippen molar-refractivity contribution in [2.75, 3.05) is 18.9 Å². The summed E-state index contributed by atoms with van der Waals surface area (Å²) >= 11 is 0. The number of anilines is 1. The predicted octanol–water partition coefficient (Wildman–Crippen LogP) is 0.645. The van der Waals surface area contributed by atoms with Crippen LogP contribution in [0.4, 0.5) is 11.4 Å². The van der Waals surface area contributed by atoms with E-state index >= 15 is 0 Å². The van der Waals surface area contributed by atoms with Crippen LogP contribution in [-0.4, -0.2) is 36.4 Å². The molecule has 2 amide bonds. The smallest absolute Gasteiger partial charge is 0.293 e. The fraction of sp³-hybridized carbons (Fsp3) is 0.385. The van der Waals surface area contributed by atoms with E-state index in [1.807, 2.05) is 0 Å². The number of hydrogen-bond acceptors (Lipinski definition) is 5. The lowest BCUT2D eigenvalue weighted by molar-refractivity contribution is -0.384. The average molecular weight is 292 g/mol. The normalized spacial score (nSPS) is 17.8. The molecule has 1 aromatic rings. The maximum absolute atomic E-state index is 12.1. The van der Waals surface area contributed by atoms with Gasteiger partial charge in [-0.3, -0.25) is 19.7 Å². The molecule has 0 saturated carbocycles. The van der Waals surface area contributed by atoms with Gasteiger partial charge in [0, 0.05) is 25.2 Å². The second-order valence-corrected chi connectivity index (χ2v) is 4.70. The van der Waals surface area contributed by atoms with Crippen molar-refractivity contribution in [1.29, 1.82) is 0 Å². The van der Waals surface area contributed by atoms with E-state index in [1.54, 1.807) is 7.05 Å². The van der Waals surface area contributed by atoms with Crippen LogP contribution in [0.5, 0.6) is 0 Å². The van der Waals surface area contributed by atoms with Gasteiger partial charge in [0.1, 0.15) is 11.7 Å². The molecule has 1 aliphatic rings. The zero-order valence-corrected chi connectivity index (χ0v) is 11.5. The standard InChI is InChI=1S/C13H16N4O4/c1-14-9-5-4-8(7-11(9)17(20)21)12(18)16-10-3-2-6-15-13(10)19/h4-5,7,10,14H,2-3,6H2,1H3,(H,15,19)(H,16,18). The summed E-state index contributed by atoms with van der Waals surface area (Å²) in [5, 5.41) is 18.9. The molecule has 1 aliphatic heterocycles. The van der Waals surface area contributed by atoms with E-state index in [2.05, 4.69) is 16.0 Å². The van der Waals surface area contributed by atoms with Gasteiger partial charge in [-0.2, -0.15) is 0 Å². The van der Waals surface area contributed by atoms with Crippen LogP contribution in [0, 0.1) is 10.1 Å². The molecular formula is C13H16N4O4. The number of carbonyl (C=O) groups excluding carboxylic acids is 2. The molecule has 1 heterocycles. The Bertz CT molecular complexity index is 588. The number of piperidine rings is 1. The Morgan fingerprint density at radius 1 is 1.48 bits per heavy atom. The van der Waals surface area contributed by atoms with Crippen LogP contribution in [0.15, 0.2) is 18.2 Å². The molecule has 3 N–H and O–H groups in total. The van der Waals surface area contributed by atoms with Crippen molar-refractivity contribution >= 4 is 23.2 Å². The van der Waals surface area contributed by atoms with Crippen molar-refractivity contribution in [2.24, 2.45) is 0 Å². The lowest BCUT2D eigenvalue weighted by atomic mass is 10.1. The molecule has 112 valence electrons. The Balaban J connectivity index is 2.17. The molecule has 8 nitrogen and oxygen atoms in total. The summed E-state index contributed by atoms with van der Waals surface area (Å²) in [5.74, 6) is -0.723.